The summed E-state index contributed by atoms with van der Waals surface area (Å²) >= 11 is 11.9. The van der Waals surface area contributed by atoms with Crippen molar-refractivity contribution in [3.63, 3.8) is 0 Å². The molecule has 0 saturated carbocycles. The molecule has 0 aliphatic carbocycles. The third-order valence-corrected chi connectivity index (χ3v) is 3.65. The number of alkyl halides is 1. The van der Waals surface area contributed by atoms with E-state index < -0.39 is 0 Å². The maximum Gasteiger partial charge on any atom is 0.111 e. The van der Waals surface area contributed by atoms with Crippen LogP contribution in [0.5, 0.6) is 0 Å². The molecule has 2 aromatic rings. The number of ether oxygens (including phenoxy) is 1. The number of benzene rings is 1. The minimum atomic E-state index is 0.570. The van der Waals surface area contributed by atoms with Gasteiger partial charge in [-0.25, -0.2) is 4.98 Å². The molecule has 0 atom stereocenters. The second-order valence-electron chi connectivity index (χ2n) is 5.57. The van der Waals surface area contributed by atoms with Crippen molar-refractivity contribution in [2.45, 2.75) is 33.2 Å². The van der Waals surface area contributed by atoms with E-state index in [1.165, 1.54) is 0 Å². The molecule has 2 rings (SSSR count). The highest BCUT2D eigenvalue weighted by Gasteiger charge is 2.10. The first-order valence-corrected chi connectivity index (χ1v) is 8.31. The second-order valence-corrected chi connectivity index (χ2v) is 6.39. The lowest BCUT2D eigenvalue weighted by molar-refractivity contribution is 0.105. The highest BCUT2D eigenvalue weighted by molar-refractivity contribution is 6.31. The zero-order chi connectivity index (χ0) is 15.2. The Morgan fingerprint density at radius 2 is 2.14 bits per heavy atom. The Bertz CT molecular complexity index is 581. The van der Waals surface area contributed by atoms with Crippen LogP contribution in [0.1, 0.15) is 26.1 Å². The van der Waals surface area contributed by atoms with E-state index in [2.05, 4.69) is 23.4 Å². The van der Waals surface area contributed by atoms with Gasteiger partial charge in [-0.3, -0.25) is 0 Å². The summed E-state index contributed by atoms with van der Waals surface area (Å²) in [7, 11) is 0. The fourth-order valence-electron chi connectivity index (χ4n) is 2.32. The van der Waals surface area contributed by atoms with Crippen molar-refractivity contribution in [2.75, 3.05) is 19.1 Å². The molecule has 0 N–H and O–H groups in total. The van der Waals surface area contributed by atoms with Gasteiger partial charge in [0.2, 0.25) is 0 Å². The average molecular weight is 329 g/mol. The number of halogens is 2. The number of hydrogen-bond acceptors (Lipinski definition) is 2. The van der Waals surface area contributed by atoms with E-state index in [-0.39, 0.29) is 0 Å². The normalized spacial score (nSPS) is 11.7. The van der Waals surface area contributed by atoms with Gasteiger partial charge in [-0.05, 0) is 30.5 Å². The smallest absolute Gasteiger partial charge is 0.111 e. The second kappa shape index (κ2) is 8.02. The van der Waals surface area contributed by atoms with Gasteiger partial charge in [-0.15, -0.1) is 11.6 Å². The standard InChI is InChI=1S/C16H22Cl2N2O/c1-12(2)11-21-9-3-8-20-15-5-4-13(18)10-14(15)19-16(20)6-7-17/h4-5,10,12H,3,6-9,11H2,1-2H3. The molecule has 0 unspecified atom stereocenters. The number of nitrogens with zero attached hydrogens (tertiary/aromatic N) is 2. The van der Waals surface area contributed by atoms with E-state index in [0.29, 0.717) is 16.8 Å². The maximum absolute atomic E-state index is 6.04. The van der Waals surface area contributed by atoms with Crippen LogP contribution in [-0.4, -0.2) is 28.6 Å². The topological polar surface area (TPSA) is 27.1 Å². The Morgan fingerprint density at radius 3 is 2.86 bits per heavy atom. The summed E-state index contributed by atoms with van der Waals surface area (Å²) in [6.45, 7) is 6.79. The Morgan fingerprint density at radius 1 is 1.33 bits per heavy atom. The fourth-order valence-corrected chi connectivity index (χ4v) is 2.66. The fraction of sp³-hybridized carbons (Fsp3) is 0.562. The molecular weight excluding hydrogens is 307 g/mol. The minimum absolute atomic E-state index is 0.570. The zero-order valence-corrected chi connectivity index (χ0v) is 14.1. The Labute approximate surface area is 136 Å². The lowest BCUT2D eigenvalue weighted by atomic mass is 10.2. The van der Waals surface area contributed by atoms with Crippen molar-refractivity contribution in [1.29, 1.82) is 0 Å². The Hall–Kier alpha value is -0.770. The first-order chi connectivity index (χ1) is 10.1. The highest BCUT2D eigenvalue weighted by Crippen LogP contribution is 2.21. The van der Waals surface area contributed by atoms with Crippen LogP contribution in [0.25, 0.3) is 11.0 Å². The molecule has 0 aliphatic rings. The third kappa shape index (κ3) is 4.60. The van der Waals surface area contributed by atoms with E-state index in [1.807, 2.05) is 18.2 Å². The predicted molar refractivity (Wildman–Crippen MR) is 89.4 cm³/mol. The average Bonchev–Trinajstić information content (AvgIpc) is 2.75. The van der Waals surface area contributed by atoms with E-state index in [9.17, 15) is 0 Å². The van der Waals surface area contributed by atoms with Crippen LogP contribution in [0.15, 0.2) is 18.2 Å². The van der Waals surface area contributed by atoms with Crippen molar-refractivity contribution in [3.05, 3.63) is 29.0 Å². The Balaban J connectivity index is 2.07. The summed E-state index contributed by atoms with van der Waals surface area (Å²) in [5.41, 5.74) is 2.05. The molecule has 0 radical (unpaired) electrons. The first-order valence-electron chi connectivity index (χ1n) is 7.40. The molecule has 3 nitrogen and oxygen atoms in total. The number of aryl methyl sites for hydroxylation is 2. The van der Waals surface area contributed by atoms with E-state index in [4.69, 9.17) is 27.9 Å². The lowest BCUT2D eigenvalue weighted by Gasteiger charge is -2.10. The Kier molecular flexibility index (Phi) is 6.34. The van der Waals surface area contributed by atoms with E-state index in [0.717, 1.165) is 49.5 Å². The summed E-state index contributed by atoms with van der Waals surface area (Å²) in [5.74, 6) is 2.17. The van der Waals surface area contributed by atoms with Crippen LogP contribution in [0.3, 0.4) is 0 Å². The molecule has 0 saturated heterocycles. The lowest BCUT2D eigenvalue weighted by Crippen LogP contribution is -2.09. The summed E-state index contributed by atoms with van der Waals surface area (Å²) in [6, 6.07) is 5.83. The summed E-state index contributed by atoms with van der Waals surface area (Å²) in [5, 5.41) is 0.713. The summed E-state index contributed by atoms with van der Waals surface area (Å²) in [6.07, 6.45) is 1.73. The zero-order valence-electron chi connectivity index (χ0n) is 12.6. The van der Waals surface area contributed by atoms with Crippen molar-refractivity contribution in [3.8, 4) is 0 Å². The van der Waals surface area contributed by atoms with Gasteiger partial charge in [0.1, 0.15) is 5.82 Å². The minimum Gasteiger partial charge on any atom is -0.381 e. The largest absolute Gasteiger partial charge is 0.381 e. The molecule has 0 bridgehead atoms. The van der Waals surface area contributed by atoms with Gasteiger partial charge < -0.3 is 9.30 Å². The molecule has 116 valence electrons. The van der Waals surface area contributed by atoms with Crippen LogP contribution in [0.4, 0.5) is 0 Å². The van der Waals surface area contributed by atoms with Gasteiger partial charge in [0.15, 0.2) is 0 Å². The van der Waals surface area contributed by atoms with Gasteiger partial charge in [0.25, 0.3) is 0 Å². The molecule has 0 spiro atoms. The van der Waals surface area contributed by atoms with E-state index in [1.54, 1.807) is 0 Å². The molecule has 1 aromatic carbocycles. The number of fused-ring (bicyclic) bond motifs is 1. The van der Waals surface area contributed by atoms with Crippen molar-refractivity contribution < 1.29 is 4.74 Å². The molecule has 1 heterocycles. The van der Waals surface area contributed by atoms with Gasteiger partial charge >= 0.3 is 0 Å². The molecule has 0 aliphatic heterocycles. The monoisotopic (exact) mass is 328 g/mol. The van der Waals surface area contributed by atoms with Crippen LogP contribution in [-0.2, 0) is 17.7 Å². The van der Waals surface area contributed by atoms with Crippen molar-refractivity contribution in [1.82, 2.24) is 9.55 Å². The van der Waals surface area contributed by atoms with Gasteiger partial charge in [-0.2, -0.15) is 0 Å². The van der Waals surface area contributed by atoms with Crippen LogP contribution >= 0.6 is 23.2 Å². The SMILES string of the molecule is CC(C)COCCCn1c(CCCl)nc2cc(Cl)ccc21. The van der Waals surface area contributed by atoms with Crippen LogP contribution < -0.4 is 0 Å². The number of aromatic nitrogens is 2. The maximum atomic E-state index is 6.04. The number of hydrogen-bond donors (Lipinski definition) is 0. The quantitative estimate of drug-likeness (QED) is 0.525. The van der Waals surface area contributed by atoms with Crippen molar-refractivity contribution in [2.24, 2.45) is 5.92 Å². The van der Waals surface area contributed by atoms with Gasteiger partial charge in [0.05, 0.1) is 11.0 Å². The van der Waals surface area contributed by atoms with E-state index >= 15 is 0 Å². The molecule has 0 fully saturated rings. The highest BCUT2D eigenvalue weighted by atomic mass is 35.5. The van der Waals surface area contributed by atoms with Crippen LogP contribution in [0.2, 0.25) is 5.02 Å². The molecule has 21 heavy (non-hydrogen) atoms. The molecule has 1 aromatic heterocycles. The predicted octanol–water partition coefficient (Wildman–Crippen LogP) is 4.53. The third-order valence-electron chi connectivity index (χ3n) is 3.23. The summed E-state index contributed by atoms with van der Waals surface area (Å²) in [4.78, 5) is 4.64. The van der Waals surface area contributed by atoms with Gasteiger partial charge in [-0.1, -0.05) is 25.4 Å². The first kappa shape index (κ1) is 16.6. The summed E-state index contributed by atoms with van der Waals surface area (Å²) < 4.78 is 7.87. The number of imidazole rings is 1. The molecule has 0 amide bonds. The van der Waals surface area contributed by atoms with Gasteiger partial charge in [0, 0.05) is 37.1 Å². The molecular formula is C16H22Cl2N2O. The molecule has 5 heteroatoms. The van der Waals surface area contributed by atoms with Crippen LogP contribution in [0, 0.1) is 5.92 Å². The van der Waals surface area contributed by atoms with Crippen molar-refractivity contribution >= 4 is 34.2 Å². The number of rotatable bonds is 8.